The third-order valence-electron chi connectivity index (χ3n) is 7.29. The van der Waals surface area contributed by atoms with Crippen molar-refractivity contribution in [2.24, 2.45) is 0 Å². The Morgan fingerprint density at radius 1 is 1.09 bits per heavy atom. The van der Waals surface area contributed by atoms with Crippen LogP contribution in [0.5, 0.6) is 0 Å². The fraction of sp³-hybridized carbons (Fsp3) is 0.400. The largest absolute Gasteiger partial charge is 0.416 e. The Kier molecular flexibility index (Phi) is 5.33. The Hall–Kier alpha value is -2.71. The standard InChI is InChI=1S/C25H24F4N2O2/c26-19-3-1-2-18-21-13-30-14-31(21)20(23(18)19)12-22(32)24(33)10-8-16(9-11-24)15-4-6-17(7-5-15)25(27,28)29/h1-7,13-14,16,20,22,32-33H,8-12H2. The van der Waals surface area contributed by atoms with E-state index in [-0.39, 0.29) is 18.2 Å². The van der Waals surface area contributed by atoms with Gasteiger partial charge in [-0.05, 0) is 55.4 Å². The molecule has 0 saturated heterocycles. The second kappa shape index (κ2) is 7.95. The molecule has 1 aromatic heterocycles. The molecule has 2 unspecified atom stereocenters. The minimum Gasteiger partial charge on any atom is -0.390 e. The highest BCUT2D eigenvalue weighted by atomic mass is 19.4. The van der Waals surface area contributed by atoms with Crippen molar-refractivity contribution in [2.45, 2.75) is 61.9 Å². The Morgan fingerprint density at radius 2 is 1.79 bits per heavy atom. The second-order valence-electron chi connectivity index (χ2n) is 9.15. The van der Waals surface area contributed by atoms with Gasteiger partial charge in [0.25, 0.3) is 0 Å². The summed E-state index contributed by atoms with van der Waals surface area (Å²) >= 11 is 0. The van der Waals surface area contributed by atoms with E-state index in [1.54, 1.807) is 18.6 Å². The molecular formula is C25H24F4N2O2. The predicted molar refractivity (Wildman–Crippen MR) is 114 cm³/mol. The van der Waals surface area contributed by atoms with Crippen LogP contribution in [0.15, 0.2) is 55.0 Å². The molecule has 2 aromatic carbocycles. The van der Waals surface area contributed by atoms with E-state index in [1.165, 1.54) is 18.2 Å². The molecule has 2 N–H and O–H groups in total. The minimum atomic E-state index is -4.37. The zero-order valence-electron chi connectivity index (χ0n) is 17.8. The summed E-state index contributed by atoms with van der Waals surface area (Å²) in [4.78, 5) is 4.15. The monoisotopic (exact) mass is 460 g/mol. The maximum atomic E-state index is 14.7. The lowest BCUT2D eigenvalue weighted by Gasteiger charge is -2.40. The first kappa shape index (κ1) is 22.1. The van der Waals surface area contributed by atoms with Crippen LogP contribution in [0.1, 0.15) is 60.8 Å². The van der Waals surface area contributed by atoms with Crippen molar-refractivity contribution in [2.75, 3.05) is 0 Å². The summed E-state index contributed by atoms with van der Waals surface area (Å²) in [7, 11) is 0. The quantitative estimate of drug-likeness (QED) is 0.509. The van der Waals surface area contributed by atoms with Gasteiger partial charge in [0.2, 0.25) is 0 Å². The van der Waals surface area contributed by atoms with Crippen molar-refractivity contribution in [3.05, 3.63) is 77.5 Å². The van der Waals surface area contributed by atoms with Crippen LogP contribution in [0.2, 0.25) is 0 Å². The van der Waals surface area contributed by atoms with E-state index in [4.69, 9.17) is 0 Å². The Morgan fingerprint density at radius 3 is 2.45 bits per heavy atom. The fourth-order valence-corrected chi connectivity index (χ4v) is 5.39. The summed E-state index contributed by atoms with van der Waals surface area (Å²) in [5.74, 6) is -0.337. The van der Waals surface area contributed by atoms with Crippen molar-refractivity contribution >= 4 is 0 Å². The van der Waals surface area contributed by atoms with E-state index in [1.807, 2.05) is 10.6 Å². The number of nitrogens with zero attached hydrogens (tertiary/aromatic N) is 2. The van der Waals surface area contributed by atoms with E-state index in [0.717, 1.165) is 29.0 Å². The molecule has 3 aromatic rings. The Labute approximate surface area is 188 Å². The number of fused-ring (bicyclic) bond motifs is 3. The maximum absolute atomic E-state index is 14.7. The van der Waals surface area contributed by atoms with Crippen LogP contribution in [-0.2, 0) is 6.18 Å². The highest BCUT2D eigenvalue weighted by molar-refractivity contribution is 5.69. The van der Waals surface area contributed by atoms with Crippen LogP contribution in [0.4, 0.5) is 17.6 Å². The number of halogens is 4. The normalized spacial score (nSPS) is 25.5. The van der Waals surface area contributed by atoms with E-state index in [0.29, 0.717) is 31.2 Å². The molecule has 8 heteroatoms. The van der Waals surface area contributed by atoms with E-state index in [9.17, 15) is 27.8 Å². The van der Waals surface area contributed by atoms with Crippen LogP contribution in [-0.4, -0.2) is 31.5 Å². The highest BCUT2D eigenvalue weighted by Crippen LogP contribution is 2.46. The summed E-state index contributed by atoms with van der Waals surface area (Å²) in [6.07, 6.45) is -0.332. The molecule has 4 nitrogen and oxygen atoms in total. The molecule has 0 amide bonds. The van der Waals surface area contributed by atoms with Crippen molar-refractivity contribution < 1.29 is 27.8 Å². The van der Waals surface area contributed by atoms with Crippen LogP contribution in [0, 0.1) is 5.82 Å². The van der Waals surface area contributed by atoms with Gasteiger partial charge in [-0.1, -0.05) is 24.3 Å². The molecule has 1 saturated carbocycles. The lowest BCUT2D eigenvalue weighted by atomic mass is 9.72. The van der Waals surface area contributed by atoms with Gasteiger partial charge in [-0.3, -0.25) is 0 Å². The number of hydrogen-bond donors (Lipinski definition) is 2. The lowest BCUT2D eigenvalue weighted by molar-refractivity contribution is -0.137. The number of aliphatic hydroxyl groups is 2. The SMILES string of the molecule is OC(CC1c2c(F)cccc2-c2cncn21)C1(O)CCC(c2ccc(C(F)(F)F)cc2)CC1. The van der Waals surface area contributed by atoms with Gasteiger partial charge in [0.05, 0.1) is 41.5 Å². The number of benzene rings is 2. The minimum absolute atomic E-state index is 0.0182. The van der Waals surface area contributed by atoms with Crippen molar-refractivity contribution in [1.82, 2.24) is 9.55 Å². The van der Waals surface area contributed by atoms with Gasteiger partial charge in [-0.15, -0.1) is 0 Å². The zero-order valence-corrected chi connectivity index (χ0v) is 17.8. The molecule has 0 radical (unpaired) electrons. The molecule has 1 aliphatic heterocycles. The van der Waals surface area contributed by atoms with Crippen molar-refractivity contribution in [3.63, 3.8) is 0 Å². The van der Waals surface area contributed by atoms with Crippen molar-refractivity contribution in [1.29, 1.82) is 0 Å². The van der Waals surface area contributed by atoms with Crippen molar-refractivity contribution in [3.8, 4) is 11.3 Å². The smallest absolute Gasteiger partial charge is 0.390 e. The van der Waals surface area contributed by atoms with Gasteiger partial charge < -0.3 is 14.8 Å². The lowest BCUT2D eigenvalue weighted by Crippen LogP contribution is -2.46. The Bertz CT molecular complexity index is 1150. The second-order valence-corrected chi connectivity index (χ2v) is 9.15. The first-order valence-electron chi connectivity index (χ1n) is 11.1. The molecule has 1 aliphatic carbocycles. The predicted octanol–water partition coefficient (Wildman–Crippen LogP) is 5.45. The van der Waals surface area contributed by atoms with Crippen LogP contribution in [0.3, 0.4) is 0 Å². The molecular weight excluding hydrogens is 436 g/mol. The number of aliphatic hydroxyl groups excluding tert-OH is 1. The van der Waals surface area contributed by atoms with E-state index in [2.05, 4.69) is 4.98 Å². The first-order chi connectivity index (χ1) is 15.7. The molecule has 2 heterocycles. The first-order valence-corrected chi connectivity index (χ1v) is 11.1. The van der Waals surface area contributed by atoms with Gasteiger partial charge in [0.1, 0.15) is 5.82 Å². The summed E-state index contributed by atoms with van der Waals surface area (Å²) in [5, 5.41) is 22.2. The highest BCUT2D eigenvalue weighted by Gasteiger charge is 2.43. The molecule has 2 atom stereocenters. The number of hydrogen-bond acceptors (Lipinski definition) is 3. The average molecular weight is 460 g/mol. The molecule has 5 rings (SSSR count). The number of imidazole rings is 1. The third kappa shape index (κ3) is 3.85. The summed E-state index contributed by atoms with van der Waals surface area (Å²) in [6, 6.07) is 9.54. The van der Waals surface area contributed by atoms with Gasteiger partial charge in [0.15, 0.2) is 0 Å². The number of alkyl halides is 3. The third-order valence-corrected chi connectivity index (χ3v) is 7.29. The molecule has 174 valence electrons. The van der Waals surface area contributed by atoms with Crippen LogP contribution < -0.4 is 0 Å². The molecule has 0 spiro atoms. The van der Waals surface area contributed by atoms with Gasteiger partial charge in [-0.2, -0.15) is 13.2 Å². The van der Waals surface area contributed by atoms with Crippen LogP contribution >= 0.6 is 0 Å². The van der Waals surface area contributed by atoms with Gasteiger partial charge in [0, 0.05) is 17.5 Å². The molecule has 33 heavy (non-hydrogen) atoms. The summed E-state index contributed by atoms with van der Waals surface area (Å²) in [5.41, 5.74) is 0.793. The summed E-state index contributed by atoms with van der Waals surface area (Å²) < 4.78 is 54.9. The Balaban J connectivity index is 1.29. The topological polar surface area (TPSA) is 58.3 Å². The zero-order chi connectivity index (χ0) is 23.4. The fourth-order valence-electron chi connectivity index (χ4n) is 5.39. The van der Waals surface area contributed by atoms with E-state index < -0.39 is 29.5 Å². The van der Waals surface area contributed by atoms with Gasteiger partial charge in [-0.25, -0.2) is 9.37 Å². The van der Waals surface area contributed by atoms with E-state index >= 15 is 0 Å². The van der Waals surface area contributed by atoms with Gasteiger partial charge >= 0.3 is 6.18 Å². The molecule has 2 aliphatic rings. The maximum Gasteiger partial charge on any atom is 0.416 e. The average Bonchev–Trinajstić information content (AvgIpc) is 3.37. The van der Waals surface area contributed by atoms with Crippen LogP contribution in [0.25, 0.3) is 11.3 Å². The number of aromatic nitrogens is 2. The summed E-state index contributed by atoms with van der Waals surface area (Å²) in [6.45, 7) is 0. The number of rotatable bonds is 4. The molecule has 1 fully saturated rings. The molecule has 0 bridgehead atoms.